The van der Waals surface area contributed by atoms with Crippen molar-refractivity contribution in [2.24, 2.45) is 0 Å². The number of carbonyl (C=O) groups excluding carboxylic acids is 2. The zero-order valence-corrected chi connectivity index (χ0v) is 18.9. The summed E-state index contributed by atoms with van der Waals surface area (Å²) in [5, 5.41) is 11.7. The van der Waals surface area contributed by atoms with Crippen LogP contribution < -0.4 is 19.7 Å². The summed E-state index contributed by atoms with van der Waals surface area (Å²) in [6.07, 6.45) is 3.61. The van der Waals surface area contributed by atoms with Crippen molar-refractivity contribution in [3.63, 3.8) is 0 Å². The summed E-state index contributed by atoms with van der Waals surface area (Å²) in [6, 6.07) is 20.0. The Morgan fingerprint density at radius 3 is 2.50 bits per heavy atom. The van der Waals surface area contributed by atoms with Gasteiger partial charge in [0.25, 0.3) is 0 Å². The highest BCUT2D eigenvalue weighted by Crippen LogP contribution is 2.31. The summed E-state index contributed by atoms with van der Waals surface area (Å²) in [7, 11) is 1.54. The van der Waals surface area contributed by atoms with Crippen molar-refractivity contribution in [3.05, 3.63) is 78.6 Å². The molecule has 3 rings (SSSR count). The molecule has 8 nitrogen and oxygen atoms in total. The van der Waals surface area contributed by atoms with Crippen molar-refractivity contribution < 1.29 is 19.1 Å². The number of pyridine rings is 1. The van der Waals surface area contributed by atoms with Gasteiger partial charge in [-0.25, -0.2) is 0 Å². The molecular weight excluding hydrogens is 432 g/mol. The lowest BCUT2D eigenvalue weighted by Crippen LogP contribution is -2.32. The van der Waals surface area contributed by atoms with Gasteiger partial charge >= 0.3 is 0 Å². The molecule has 2 aromatic carbocycles. The largest absolute Gasteiger partial charge is 0.493 e. The first-order chi connectivity index (χ1) is 16.6. The molecule has 0 aliphatic heterocycles. The maximum atomic E-state index is 12.8. The van der Waals surface area contributed by atoms with Crippen LogP contribution in [0.5, 0.6) is 11.5 Å². The second-order valence-electron chi connectivity index (χ2n) is 7.35. The molecule has 174 valence electrons. The summed E-state index contributed by atoms with van der Waals surface area (Å²) >= 11 is 0. The third kappa shape index (κ3) is 7.07. The third-order valence-electron chi connectivity index (χ3n) is 4.97. The minimum atomic E-state index is -0.299. The molecule has 1 N–H and O–H groups in total. The standard InChI is InChI=1S/C26H26N4O4/c1-33-23-9-8-21(18-24(23)34-19-20-12-15-28-16-13-20)29-25(31)10-11-26(32)30(17-5-14-27)22-6-3-2-4-7-22/h2-4,6-9,12-13,15-16,18H,5,10-11,17,19H2,1H3,(H,29,31). The molecule has 0 spiro atoms. The maximum absolute atomic E-state index is 12.8. The van der Waals surface area contributed by atoms with E-state index < -0.39 is 0 Å². The SMILES string of the molecule is COc1ccc(NC(=O)CCC(=O)N(CCC#N)c2ccccc2)cc1OCc1ccncc1. The van der Waals surface area contributed by atoms with E-state index in [1.807, 2.05) is 30.3 Å². The normalized spacial score (nSPS) is 10.1. The number of benzene rings is 2. The van der Waals surface area contributed by atoms with Gasteiger partial charge < -0.3 is 19.7 Å². The number of rotatable bonds is 11. The summed E-state index contributed by atoms with van der Waals surface area (Å²) in [5.41, 5.74) is 2.19. The molecule has 3 aromatic rings. The fourth-order valence-corrected chi connectivity index (χ4v) is 3.25. The molecular formula is C26H26N4O4. The van der Waals surface area contributed by atoms with E-state index in [-0.39, 0.29) is 37.6 Å². The predicted molar refractivity (Wildman–Crippen MR) is 128 cm³/mol. The van der Waals surface area contributed by atoms with Crippen LogP contribution in [0.4, 0.5) is 11.4 Å². The van der Waals surface area contributed by atoms with Crippen molar-refractivity contribution in [1.29, 1.82) is 5.26 Å². The number of nitrogens with one attached hydrogen (secondary N) is 1. The Labute approximate surface area is 198 Å². The number of aromatic nitrogens is 1. The Morgan fingerprint density at radius 2 is 1.79 bits per heavy atom. The van der Waals surface area contributed by atoms with Gasteiger partial charge in [0.05, 0.1) is 19.6 Å². The lowest BCUT2D eigenvalue weighted by atomic mass is 10.2. The summed E-state index contributed by atoms with van der Waals surface area (Å²) in [5.74, 6) is 0.512. The van der Waals surface area contributed by atoms with Gasteiger partial charge in [0.15, 0.2) is 11.5 Å². The van der Waals surface area contributed by atoms with Gasteiger partial charge in [0.2, 0.25) is 11.8 Å². The molecule has 0 saturated heterocycles. The van der Waals surface area contributed by atoms with E-state index in [2.05, 4.69) is 16.4 Å². The number of methoxy groups -OCH3 is 1. The van der Waals surface area contributed by atoms with Crippen molar-refractivity contribution >= 4 is 23.2 Å². The Balaban J connectivity index is 1.59. The van der Waals surface area contributed by atoms with Crippen LogP contribution in [0.1, 0.15) is 24.8 Å². The van der Waals surface area contributed by atoms with Crippen molar-refractivity contribution in [2.75, 3.05) is 23.9 Å². The van der Waals surface area contributed by atoms with E-state index in [0.717, 1.165) is 5.56 Å². The number of anilines is 2. The van der Waals surface area contributed by atoms with Gasteiger partial charge in [-0.15, -0.1) is 0 Å². The van der Waals surface area contributed by atoms with Crippen LogP contribution in [0.25, 0.3) is 0 Å². The quantitative estimate of drug-likeness (QED) is 0.458. The Hall–Kier alpha value is -4.38. The molecule has 0 atom stereocenters. The molecule has 0 radical (unpaired) electrons. The molecule has 1 heterocycles. The average molecular weight is 459 g/mol. The van der Waals surface area contributed by atoms with Crippen LogP contribution in [0, 0.1) is 11.3 Å². The van der Waals surface area contributed by atoms with Crippen LogP contribution in [0.3, 0.4) is 0 Å². The molecule has 8 heteroatoms. The van der Waals surface area contributed by atoms with Gasteiger partial charge in [-0.05, 0) is 42.0 Å². The van der Waals surface area contributed by atoms with Crippen LogP contribution in [0.2, 0.25) is 0 Å². The molecule has 0 aliphatic carbocycles. The van der Waals surface area contributed by atoms with Crippen LogP contribution in [-0.2, 0) is 16.2 Å². The minimum absolute atomic E-state index is 0.00789. The van der Waals surface area contributed by atoms with Gasteiger partial charge in [-0.2, -0.15) is 5.26 Å². The highest BCUT2D eigenvalue weighted by atomic mass is 16.5. The average Bonchev–Trinajstić information content (AvgIpc) is 2.88. The van der Waals surface area contributed by atoms with Crippen molar-refractivity contribution in [1.82, 2.24) is 4.98 Å². The summed E-state index contributed by atoms with van der Waals surface area (Å²) in [4.78, 5) is 30.8. The molecule has 0 saturated carbocycles. The number of nitriles is 1. The van der Waals surface area contributed by atoms with E-state index in [0.29, 0.717) is 29.5 Å². The molecule has 0 bridgehead atoms. The second-order valence-corrected chi connectivity index (χ2v) is 7.35. The van der Waals surface area contributed by atoms with Gasteiger partial charge in [0, 0.05) is 49.2 Å². The monoisotopic (exact) mass is 458 g/mol. The lowest BCUT2D eigenvalue weighted by molar-refractivity contribution is -0.122. The molecule has 0 fully saturated rings. The number of ether oxygens (including phenoxy) is 2. The zero-order valence-electron chi connectivity index (χ0n) is 18.9. The Morgan fingerprint density at radius 1 is 1.03 bits per heavy atom. The smallest absolute Gasteiger partial charge is 0.227 e. The van der Waals surface area contributed by atoms with E-state index in [1.165, 1.54) is 4.90 Å². The zero-order chi connectivity index (χ0) is 24.2. The van der Waals surface area contributed by atoms with E-state index in [4.69, 9.17) is 14.7 Å². The summed E-state index contributed by atoms with van der Waals surface area (Å²) < 4.78 is 11.2. The first-order valence-electron chi connectivity index (χ1n) is 10.8. The predicted octanol–water partition coefficient (Wildman–Crippen LogP) is 4.33. The van der Waals surface area contributed by atoms with E-state index in [9.17, 15) is 9.59 Å². The number of carbonyl (C=O) groups is 2. The fraction of sp³-hybridized carbons (Fsp3) is 0.231. The number of amides is 2. The third-order valence-corrected chi connectivity index (χ3v) is 4.97. The van der Waals surface area contributed by atoms with Crippen molar-refractivity contribution in [3.8, 4) is 17.6 Å². The number of nitrogens with zero attached hydrogens (tertiary/aromatic N) is 3. The van der Waals surface area contributed by atoms with Crippen LogP contribution in [-0.4, -0.2) is 30.5 Å². The van der Waals surface area contributed by atoms with E-state index in [1.54, 1.807) is 49.8 Å². The lowest BCUT2D eigenvalue weighted by Gasteiger charge is -2.21. The maximum Gasteiger partial charge on any atom is 0.227 e. The Kier molecular flexibility index (Phi) is 9.00. The number of para-hydroxylation sites is 1. The fourth-order valence-electron chi connectivity index (χ4n) is 3.25. The first-order valence-corrected chi connectivity index (χ1v) is 10.8. The van der Waals surface area contributed by atoms with Gasteiger partial charge in [-0.3, -0.25) is 14.6 Å². The second kappa shape index (κ2) is 12.6. The molecule has 2 amide bonds. The number of hydrogen-bond donors (Lipinski definition) is 1. The topological polar surface area (TPSA) is 105 Å². The van der Waals surface area contributed by atoms with Crippen LogP contribution in [0.15, 0.2) is 73.1 Å². The van der Waals surface area contributed by atoms with Crippen LogP contribution >= 0.6 is 0 Å². The summed E-state index contributed by atoms with van der Waals surface area (Å²) in [6.45, 7) is 0.598. The number of hydrogen-bond acceptors (Lipinski definition) is 6. The van der Waals surface area contributed by atoms with Gasteiger partial charge in [-0.1, -0.05) is 18.2 Å². The first kappa shape index (κ1) is 24.3. The molecule has 1 aromatic heterocycles. The highest BCUT2D eigenvalue weighted by Gasteiger charge is 2.17. The molecule has 34 heavy (non-hydrogen) atoms. The van der Waals surface area contributed by atoms with E-state index >= 15 is 0 Å². The molecule has 0 unspecified atom stereocenters. The van der Waals surface area contributed by atoms with Gasteiger partial charge in [0.1, 0.15) is 6.61 Å². The minimum Gasteiger partial charge on any atom is -0.493 e. The Bertz CT molecular complexity index is 1130. The van der Waals surface area contributed by atoms with Crippen molar-refractivity contribution in [2.45, 2.75) is 25.9 Å². The highest BCUT2D eigenvalue weighted by molar-refractivity contribution is 5.98. The molecule has 0 aliphatic rings.